The highest BCUT2D eigenvalue weighted by atomic mass is 35.5. The highest BCUT2D eigenvalue weighted by molar-refractivity contribution is 6.30. The molecule has 1 aromatic carbocycles. The Balaban J connectivity index is 2.56. The highest BCUT2D eigenvalue weighted by Crippen LogP contribution is 2.14. The zero-order valence-electron chi connectivity index (χ0n) is 8.23. The number of rotatable bonds is 4. The van der Waals surface area contributed by atoms with Crippen molar-refractivity contribution >= 4 is 11.6 Å². The summed E-state index contributed by atoms with van der Waals surface area (Å²) in [6.45, 7) is 6.27. The van der Waals surface area contributed by atoms with Crippen LogP contribution in [0.5, 0.6) is 0 Å². The third-order valence-electron chi connectivity index (χ3n) is 2.05. The molecule has 0 fully saturated rings. The van der Waals surface area contributed by atoms with Gasteiger partial charge < -0.3 is 5.32 Å². The maximum atomic E-state index is 5.86. The molecule has 0 aromatic heterocycles. The second-order valence-corrected chi connectivity index (χ2v) is 3.68. The fourth-order valence-electron chi connectivity index (χ4n) is 1.26. The molecule has 1 aromatic rings. The molecule has 0 atom stereocenters. The van der Waals surface area contributed by atoms with E-state index in [1.165, 1.54) is 17.5 Å². The molecule has 0 amide bonds. The van der Waals surface area contributed by atoms with E-state index in [0.29, 0.717) is 0 Å². The van der Waals surface area contributed by atoms with E-state index >= 15 is 0 Å². The van der Waals surface area contributed by atoms with Crippen LogP contribution in [0, 0.1) is 6.92 Å². The lowest BCUT2D eigenvalue weighted by Crippen LogP contribution is -2.14. The fraction of sp³-hybridized carbons (Fsp3) is 0.455. The molecule has 13 heavy (non-hydrogen) atoms. The van der Waals surface area contributed by atoms with Gasteiger partial charge >= 0.3 is 0 Å². The summed E-state index contributed by atoms with van der Waals surface area (Å²) in [4.78, 5) is 0. The third kappa shape index (κ3) is 3.37. The van der Waals surface area contributed by atoms with E-state index in [9.17, 15) is 0 Å². The zero-order chi connectivity index (χ0) is 9.68. The normalized spacial score (nSPS) is 10.4. The first-order chi connectivity index (χ1) is 6.24. The zero-order valence-corrected chi connectivity index (χ0v) is 8.99. The Morgan fingerprint density at radius 1 is 1.38 bits per heavy atom. The van der Waals surface area contributed by atoms with Crippen LogP contribution in [0.4, 0.5) is 0 Å². The average Bonchev–Trinajstić information content (AvgIpc) is 2.09. The van der Waals surface area contributed by atoms with Crippen molar-refractivity contribution < 1.29 is 0 Å². The van der Waals surface area contributed by atoms with E-state index in [-0.39, 0.29) is 0 Å². The smallest absolute Gasteiger partial charge is 0.0408 e. The Morgan fingerprint density at radius 3 is 2.77 bits per heavy atom. The van der Waals surface area contributed by atoms with Crippen LogP contribution in [-0.4, -0.2) is 6.54 Å². The second kappa shape index (κ2) is 5.25. The average molecular weight is 198 g/mol. The van der Waals surface area contributed by atoms with Crippen LogP contribution in [-0.2, 0) is 6.54 Å². The Hall–Kier alpha value is -0.530. The summed E-state index contributed by atoms with van der Waals surface area (Å²) in [7, 11) is 0. The number of hydrogen-bond acceptors (Lipinski definition) is 1. The molecule has 72 valence electrons. The van der Waals surface area contributed by atoms with E-state index in [4.69, 9.17) is 11.6 Å². The van der Waals surface area contributed by atoms with E-state index < -0.39 is 0 Å². The topological polar surface area (TPSA) is 12.0 Å². The van der Waals surface area contributed by atoms with Crippen molar-refractivity contribution in [1.82, 2.24) is 5.32 Å². The molecule has 0 radical (unpaired) electrons. The maximum absolute atomic E-state index is 5.86. The van der Waals surface area contributed by atoms with Crippen LogP contribution in [0.2, 0.25) is 5.02 Å². The van der Waals surface area contributed by atoms with Crippen LogP contribution in [0.1, 0.15) is 24.5 Å². The third-order valence-corrected chi connectivity index (χ3v) is 2.28. The van der Waals surface area contributed by atoms with Gasteiger partial charge in [-0.1, -0.05) is 24.6 Å². The summed E-state index contributed by atoms with van der Waals surface area (Å²) in [5.41, 5.74) is 2.59. The quantitative estimate of drug-likeness (QED) is 0.732. The van der Waals surface area contributed by atoms with Gasteiger partial charge in [0.05, 0.1) is 0 Å². The van der Waals surface area contributed by atoms with Crippen LogP contribution < -0.4 is 5.32 Å². The predicted octanol–water partition coefficient (Wildman–Crippen LogP) is 3.15. The van der Waals surface area contributed by atoms with E-state index in [1.54, 1.807) is 0 Å². The number of aryl methyl sites for hydroxylation is 1. The molecule has 0 spiro atoms. The van der Waals surface area contributed by atoms with Gasteiger partial charge in [-0.05, 0) is 43.1 Å². The molecular formula is C11H16ClN. The first-order valence-corrected chi connectivity index (χ1v) is 5.07. The van der Waals surface area contributed by atoms with Crippen molar-refractivity contribution in [2.45, 2.75) is 26.8 Å². The summed E-state index contributed by atoms with van der Waals surface area (Å²) in [6.07, 6.45) is 1.17. The molecule has 1 N–H and O–H groups in total. The monoisotopic (exact) mass is 197 g/mol. The van der Waals surface area contributed by atoms with E-state index in [0.717, 1.165) is 18.1 Å². The SMILES string of the molecule is CCCNCc1ccc(Cl)cc1C. The molecule has 0 aliphatic carbocycles. The van der Waals surface area contributed by atoms with Gasteiger partial charge in [-0.3, -0.25) is 0 Å². The summed E-state index contributed by atoms with van der Waals surface area (Å²) >= 11 is 5.86. The number of halogens is 1. The van der Waals surface area contributed by atoms with Crippen molar-refractivity contribution in [3.63, 3.8) is 0 Å². The number of benzene rings is 1. The van der Waals surface area contributed by atoms with Gasteiger partial charge in [-0.25, -0.2) is 0 Å². The minimum absolute atomic E-state index is 0.816. The highest BCUT2D eigenvalue weighted by Gasteiger charge is 1.97. The fourth-order valence-corrected chi connectivity index (χ4v) is 1.48. The molecule has 2 heteroatoms. The molecule has 1 nitrogen and oxygen atoms in total. The molecule has 0 heterocycles. The summed E-state index contributed by atoms with van der Waals surface area (Å²) in [5, 5.41) is 4.18. The Bertz CT molecular complexity index is 271. The molecule has 0 aliphatic rings. The molecule has 0 unspecified atom stereocenters. The second-order valence-electron chi connectivity index (χ2n) is 3.25. The molecule has 0 saturated heterocycles. The van der Waals surface area contributed by atoms with E-state index in [1.807, 2.05) is 12.1 Å². The first-order valence-electron chi connectivity index (χ1n) is 4.69. The van der Waals surface area contributed by atoms with Crippen molar-refractivity contribution in [2.75, 3.05) is 6.54 Å². The van der Waals surface area contributed by atoms with Crippen LogP contribution in [0.15, 0.2) is 18.2 Å². The van der Waals surface area contributed by atoms with Crippen molar-refractivity contribution in [3.05, 3.63) is 34.3 Å². The molecule has 0 aliphatic heterocycles. The van der Waals surface area contributed by atoms with E-state index in [2.05, 4.69) is 25.2 Å². The standard InChI is InChI=1S/C11H16ClN/c1-3-6-13-8-10-4-5-11(12)7-9(10)2/h4-5,7,13H,3,6,8H2,1-2H3. The Kier molecular flexibility index (Phi) is 4.26. The van der Waals surface area contributed by atoms with Crippen LogP contribution in [0.3, 0.4) is 0 Å². The molecule has 1 rings (SSSR count). The minimum atomic E-state index is 0.816. The molecule has 0 bridgehead atoms. The lowest BCUT2D eigenvalue weighted by molar-refractivity contribution is 0.673. The molecule has 0 saturated carbocycles. The lowest BCUT2D eigenvalue weighted by atomic mass is 10.1. The van der Waals surface area contributed by atoms with Crippen LogP contribution in [0.25, 0.3) is 0 Å². The van der Waals surface area contributed by atoms with Gasteiger partial charge in [0.1, 0.15) is 0 Å². The van der Waals surface area contributed by atoms with Gasteiger partial charge in [0, 0.05) is 11.6 Å². The summed E-state index contributed by atoms with van der Waals surface area (Å²) < 4.78 is 0. The predicted molar refractivity (Wildman–Crippen MR) is 58.2 cm³/mol. The number of hydrogen-bond donors (Lipinski definition) is 1. The van der Waals surface area contributed by atoms with Gasteiger partial charge in [0.25, 0.3) is 0 Å². The Labute approximate surface area is 85.1 Å². The van der Waals surface area contributed by atoms with Crippen molar-refractivity contribution in [1.29, 1.82) is 0 Å². The minimum Gasteiger partial charge on any atom is -0.313 e. The maximum Gasteiger partial charge on any atom is 0.0408 e. The largest absolute Gasteiger partial charge is 0.313 e. The summed E-state index contributed by atoms with van der Waals surface area (Å²) in [5.74, 6) is 0. The lowest BCUT2D eigenvalue weighted by Gasteiger charge is -2.06. The molecular weight excluding hydrogens is 182 g/mol. The van der Waals surface area contributed by atoms with Crippen molar-refractivity contribution in [2.24, 2.45) is 0 Å². The van der Waals surface area contributed by atoms with Gasteiger partial charge in [-0.15, -0.1) is 0 Å². The first kappa shape index (κ1) is 10.6. The van der Waals surface area contributed by atoms with Crippen LogP contribution >= 0.6 is 11.6 Å². The van der Waals surface area contributed by atoms with Gasteiger partial charge in [0.2, 0.25) is 0 Å². The summed E-state index contributed by atoms with van der Waals surface area (Å²) in [6, 6.07) is 6.03. The van der Waals surface area contributed by atoms with Crippen molar-refractivity contribution in [3.8, 4) is 0 Å². The number of nitrogens with one attached hydrogen (secondary N) is 1. The van der Waals surface area contributed by atoms with Gasteiger partial charge in [-0.2, -0.15) is 0 Å². The van der Waals surface area contributed by atoms with Gasteiger partial charge in [0.15, 0.2) is 0 Å². The Morgan fingerprint density at radius 2 is 2.15 bits per heavy atom.